The summed E-state index contributed by atoms with van der Waals surface area (Å²) in [5, 5.41) is 7.83. The largest absolute Gasteiger partial charge is 0.419 e. The van der Waals surface area contributed by atoms with E-state index in [2.05, 4.69) is 10.1 Å². The molecule has 12 heteroatoms. The molecule has 0 saturated carbocycles. The lowest BCUT2D eigenvalue weighted by atomic mass is 10.1. The van der Waals surface area contributed by atoms with E-state index < -0.39 is 23.5 Å². The quantitative estimate of drug-likeness (QED) is 0.427. The number of aromatic nitrogens is 3. The van der Waals surface area contributed by atoms with Crippen molar-refractivity contribution >= 4 is 39.4 Å². The number of hydrogen-bond donors (Lipinski definition) is 1. The number of rotatable bonds is 4. The minimum atomic E-state index is -4.84. The topological polar surface area (TPSA) is 97.3 Å². The van der Waals surface area contributed by atoms with E-state index in [1.165, 1.54) is 11.1 Å². The summed E-state index contributed by atoms with van der Waals surface area (Å²) < 4.78 is 54.8. The fourth-order valence-electron chi connectivity index (χ4n) is 4.46. The fraction of sp³-hybridized carbons (Fsp3) is 0.250. The molecule has 0 spiro atoms. The smallest absolute Gasteiger partial charge is 0.383 e. The van der Waals surface area contributed by atoms with E-state index in [1.54, 1.807) is 30.1 Å². The molecular formula is C24H20F4N6O2. The second-order valence-electron chi connectivity index (χ2n) is 8.55. The molecule has 186 valence electrons. The van der Waals surface area contributed by atoms with Crippen molar-refractivity contribution < 1.29 is 27.2 Å². The lowest BCUT2D eigenvalue weighted by molar-refractivity contribution is -0.140. The third-order valence-electron chi connectivity index (χ3n) is 6.20. The first-order chi connectivity index (χ1) is 17.0. The van der Waals surface area contributed by atoms with Gasteiger partial charge in [0.15, 0.2) is 0 Å². The first-order valence-electron chi connectivity index (χ1n) is 11.0. The molecule has 3 heterocycles. The van der Waals surface area contributed by atoms with E-state index in [4.69, 9.17) is 5.73 Å². The van der Waals surface area contributed by atoms with Crippen LogP contribution in [0.5, 0.6) is 0 Å². The Labute approximate surface area is 201 Å². The zero-order valence-corrected chi connectivity index (χ0v) is 19.0. The number of pyridine rings is 1. The second kappa shape index (κ2) is 8.47. The van der Waals surface area contributed by atoms with Crippen LogP contribution in [0.1, 0.15) is 34.3 Å². The third kappa shape index (κ3) is 3.97. The van der Waals surface area contributed by atoms with E-state index in [1.807, 2.05) is 0 Å². The summed E-state index contributed by atoms with van der Waals surface area (Å²) in [6, 6.07) is 7.21. The predicted octanol–water partition coefficient (Wildman–Crippen LogP) is 4.04. The van der Waals surface area contributed by atoms with Gasteiger partial charge in [-0.25, -0.2) is 14.4 Å². The Hall–Kier alpha value is -4.22. The van der Waals surface area contributed by atoms with Crippen LogP contribution in [0.2, 0.25) is 0 Å². The number of nitrogens with two attached hydrogens (primary N) is 1. The van der Waals surface area contributed by atoms with Crippen LogP contribution in [0.15, 0.2) is 42.6 Å². The monoisotopic (exact) mass is 500 g/mol. The summed E-state index contributed by atoms with van der Waals surface area (Å²) >= 11 is 0. The van der Waals surface area contributed by atoms with Crippen LogP contribution in [0, 0.1) is 5.82 Å². The van der Waals surface area contributed by atoms with Gasteiger partial charge in [-0.15, -0.1) is 0 Å². The molecular weight excluding hydrogens is 480 g/mol. The number of nitrogen functional groups attached to an aromatic ring is 1. The van der Waals surface area contributed by atoms with Gasteiger partial charge in [-0.3, -0.25) is 19.3 Å². The van der Waals surface area contributed by atoms with Crippen LogP contribution in [0.25, 0.3) is 21.8 Å². The Bertz CT molecular complexity index is 1530. The van der Waals surface area contributed by atoms with Crippen molar-refractivity contribution in [2.24, 2.45) is 7.05 Å². The van der Waals surface area contributed by atoms with Crippen LogP contribution < -0.4 is 5.73 Å². The highest BCUT2D eigenvalue weighted by atomic mass is 19.4. The van der Waals surface area contributed by atoms with Gasteiger partial charge >= 0.3 is 6.18 Å². The number of amides is 2. The number of nitrogens with zero attached hydrogens (tertiary/aromatic N) is 5. The van der Waals surface area contributed by atoms with Crippen LogP contribution >= 0.6 is 0 Å². The van der Waals surface area contributed by atoms with Gasteiger partial charge < -0.3 is 5.73 Å². The maximum Gasteiger partial charge on any atom is 0.419 e. The van der Waals surface area contributed by atoms with Crippen molar-refractivity contribution in [3.05, 3.63) is 65.1 Å². The van der Waals surface area contributed by atoms with Crippen molar-refractivity contribution in [3.63, 3.8) is 0 Å². The SMILES string of the molecule is Cn1ncc2c(N)nc3ccc(C(=O)N(Cc4ccc(C(F)(F)F)c(F)c4)N4CCCC4=O)cc3c21. The number of aryl methyl sites for hydroxylation is 1. The van der Waals surface area contributed by atoms with Gasteiger partial charge in [0.25, 0.3) is 5.91 Å². The van der Waals surface area contributed by atoms with Gasteiger partial charge in [0.05, 0.1) is 34.7 Å². The minimum absolute atomic E-state index is 0.109. The normalized spacial score (nSPS) is 14.2. The van der Waals surface area contributed by atoms with Gasteiger partial charge in [-0.2, -0.15) is 18.3 Å². The summed E-state index contributed by atoms with van der Waals surface area (Å²) in [5.41, 5.74) is 6.15. The van der Waals surface area contributed by atoms with Gasteiger partial charge in [0.1, 0.15) is 11.6 Å². The Kier molecular flexibility index (Phi) is 5.53. The molecule has 2 aromatic carbocycles. The van der Waals surface area contributed by atoms with Crippen LogP contribution in [0.3, 0.4) is 0 Å². The van der Waals surface area contributed by atoms with Crippen LogP contribution in [-0.4, -0.2) is 43.1 Å². The molecule has 8 nitrogen and oxygen atoms in total. The fourth-order valence-corrected chi connectivity index (χ4v) is 4.46. The molecule has 1 saturated heterocycles. The Morgan fingerprint density at radius 2 is 1.94 bits per heavy atom. The lowest BCUT2D eigenvalue weighted by Crippen LogP contribution is -2.46. The summed E-state index contributed by atoms with van der Waals surface area (Å²) in [4.78, 5) is 30.5. The average Bonchev–Trinajstić information content (AvgIpc) is 3.42. The number of hydrazine groups is 1. The maximum atomic E-state index is 14.2. The molecule has 1 fully saturated rings. The van der Waals surface area contributed by atoms with E-state index in [0.717, 1.165) is 17.1 Å². The number of carbonyl (C=O) groups excluding carboxylic acids is 2. The predicted molar refractivity (Wildman–Crippen MR) is 123 cm³/mol. The van der Waals surface area contributed by atoms with Gasteiger partial charge in [0, 0.05) is 31.0 Å². The number of alkyl halides is 3. The van der Waals surface area contributed by atoms with Gasteiger partial charge in [0.2, 0.25) is 5.91 Å². The molecule has 2 amide bonds. The standard InChI is InChI=1S/C24H20F4N6O2/c1-32-21-15-10-14(5-7-19(15)31-22(29)16(21)11-30-32)23(36)34(33-8-2-3-20(33)35)12-13-4-6-17(18(25)9-13)24(26,27)28/h4-7,9-11H,2-3,8,12H2,1H3,(H2,29,31). The van der Waals surface area contributed by atoms with Crippen molar-refractivity contribution in [2.45, 2.75) is 25.6 Å². The highest BCUT2D eigenvalue weighted by molar-refractivity contribution is 6.10. The molecule has 4 aromatic rings. The number of anilines is 1. The molecule has 5 rings (SSSR count). The Morgan fingerprint density at radius 3 is 2.61 bits per heavy atom. The molecule has 2 N–H and O–H groups in total. The highest BCUT2D eigenvalue weighted by Crippen LogP contribution is 2.32. The molecule has 0 atom stereocenters. The number of carbonyl (C=O) groups is 2. The van der Waals surface area contributed by atoms with Crippen LogP contribution in [0.4, 0.5) is 23.4 Å². The summed E-state index contributed by atoms with van der Waals surface area (Å²) in [6.45, 7) is -0.0376. The summed E-state index contributed by atoms with van der Waals surface area (Å²) in [7, 11) is 1.73. The van der Waals surface area contributed by atoms with Crippen LogP contribution in [-0.2, 0) is 24.6 Å². The molecule has 1 aliphatic heterocycles. The number of fused-ring (bicyclic) bond motifs is 3. The molecule has 0 bridgehead atoms. The van der Waals surface area contributed by atoms with Gasteiger partial charge in [-0.1, -0.05) is 6.07 Å². The number of halogens is 4. The van der Waals surface area contributed by atoms with E-state index in [-0.39, 0.29) is 36.5 Å². The number of hydrogen-bond acceptors (Lipinski definition) is 5. The van der Waals surface area contributed by atoms with Crippen molar-refractivity contribution in [1.29, 1.82) is 0 Å². The molecule has 0 aliphatic carbocycles. The molecule has 36 heavy (non-hydrogen) atoms. The average molecular weight is 500 g/mol. The maximum absolute atomic E-state index is 14.2. The first kappa shape index (κ1) is 23.5. The Morgan fingerprint density at radius 1 is 1.17 bits per heavy atom. The van der Waals surface area contributed by atoms with E-state index in [0.29, 0.717) is 40.1 Å². The lowest BCUT2D eigenvalue weighted by Gasteiger charge is -2.32. The number of benzene rings is 2. The van der Waals surface area contributed by atoms with Crippen molar-refractivity contribution in [3.8, 4) is 0 Å². The molecule has 0 unspecified atom stereocenters. The van der Waals surface area contributed by atoms with Crippen molar-refractivity contribution in [1.82, 2.24) is 24.8 Å². The van der Waals surface area contributed by atoms with E-state index >= 15 is 0 Å². The second-order valence-corrected chi connectivity index (χ2v) is 8.55. The first-order valence-corrected chi connectivity index (χ1v) is 11.0. The summed E-state index contributed by atoms with van der Waals surface area (Å²) in [5.74, 6) is -2.04. The molecule has 1 aliphatic rings. The van der Waals surface area contributed by atoms with Gasteiger partial charge in [-0.05, 0) is 42.3 Å². The van der Waals surface area contributed by atoms with E-state index in [9.17, 15) is 27.2 Å². The molecule has 0 radical (unpaired) electrons. The Balaban J connectivity index is 1.56. The third-order valence-corrected chi connectivity index (χ3v) is 6.20. The highest BCUT2D eigenvalue weighted by Gasteiger charge is 2.35. The molecule has 2 aromatic heterocycles. The zero-order valence-electron chi connectivity index (χ0n) is 19.0. The van der Waals surface area contributed by atoms with Crippen molar-refractivity contribution in [2.75, 3.05) is 12.3 Å². The summed E-state index contributed by atoms with van der Waals surface area (Å²) in [6.07, 6.45) is -2.54. The zero-order chi connectivity index (χ0) is 25.8. The minimum Gasteiger partial charge on any atom is -0.383 e.